The first-order valence-electron chi connectivity index (χ1n) is 9.40. The molecular weight excluding hydrogens is 444 g/mol. The van der Waals surface area contributed by atoms with Crippen LogP contribution < -0.4 is 14.3 Å². The summed E-state index contributed by atoms with van der Waals surface area (Å²) >= 11 is 0. The number of rotatable bonds is 9. The molecule has 3 aromatic rings. The minimum atomic E-state index is -5.06. The number of aromatic hydroxyl groups is 1. The standard InChI is InChI=1S/C21H18O10S/c22-11-5-1-2-8-18(24)29-17-10-9-13(12-15(17)23)20-21(31-32(26,27)28)19(25)14-6-3-4-7-16(14)30-20/h3-4,6-7,9-12,23H,1-2,5,8H2,(H,26,27,28). The fraction of sp³-hybridized carbons (Fsp3) is 0.190. The maximum Gasteiger partial charge on any atom is 0.446 e. The highest BCUT2D eigenvalue weighted by atomic mass is 32.3. The number of benzene rings is 2. The van der Waals surface area contributed by atoms with E-state index in [1.165, 1.54) is 30.3 Å². The van der Waals surface area contributed by atoms with Crippen molar-refractivity contribution in [3.05, 3.63) is 52.7 Å². The second-order valence-corrected chi connectivity index (χ2v) is 7.69. The Morgan fingerprint density at radius 2 is 1.88 bits per heavy atom. The number of phenols is 1. The van der Waals surface area contributed by atoms with Gasteiger partial charge in [-0.05, 0) is 43.2 Å². The molecule has 0 saturated carbocycles. The van der Waals surface area contributed by atoms with Crippen molar-refractivity contribution in [3.63, 3.8) is 0 Å². The highest BCUT2D eigenvalue weighted by Gasteiger charge is 2.23. The van der Waals surface area contributed by atoms with Gasteiger partial charge in [0.2, 0.25) is 11.2 Å². The van der Waals surface area contributed by atoms with Crippen LogP contribution in [0.2, 0.25) is 0 Å². The molecule has 2 aromatic carbocycles. The molecule has 168 valence electrons. The van der Waals surface area contributed by atoms with Crippen LogP contribution in [0.1, 0.15) is 25.7 Å². The van der Waals surface area contributed by atoms with Crippen molar-refractivity contribution < 1.29 is 41.0 Å². The minimum Gasteiger partial charge on any atom is -0.504 e. The summed E-state index contributed by atoms with van der Waals surface area (Å²) in [6, 6.07) is 9.59. The normalized spacial score (nSPS) is 11.3. The zero-order valence-corrected chi connectivity index (χ0v) is 17.3. The van der Waals surface area contributed by atoms with Gasteiger partial charge in [-0.15, -0.1) is 0 Å². The number of aldehydes is 1. The summed E-state index contributed by atoms with van der Waals surface area (Å²) in [5, 5.41) is 10.3. The lowest BCUT2D eigenvalue weighted by molar-refractivity contribution is -0.134. The van der Waals surface area contributed by atoms with Gasteiger partial charge in [0.15, 0.2) is 17.3 Å². The summed E-state index contributed by atoms with van der Waals surface area (Å²) in [5.41, 5.74) is -0.722. The van der Waals surface area contributed by atoms with Crippen LogP contribution in [-0.4, -0.2) is 30.3 Å². The number of fused-ring (bicyclic) bond motifs is 1. The van der Waals surface area contributed by atoms with Gasteiger partial charge in [-0.25, -0.2) is 0 Å². The largest absolute Gasteiger partial charge is 0.504 e. The zero-order chi connectivity index (χ0) is 23.3. The maximum absolute atomic E-state index is 12.7. The van der Waals surface area contributed by atoms with Crippen molar-refractivity contribution in [1.29, 1.82) is 0 Å². The van der Waals surface area contributed by atoms with Crippen LogP contribution in [0.3, 0.4) is 0 Å². The molecule has 11 heteroatoms. The number of phenolic OH excluding ortho intramolecular Hbond substituents is 1. The second kappa shape index (κ2) is 9.62. The summed E-state index contributed by atoms with van der Waals surface area (Å²) in [6.45, 7) is 0. The number of hydrogen-bond acceptors (Lipinski definition) is 9. The Labute approximate surface area is 182 Å². The van der Waals surface area contributed by atoms with E-state index in [9.17, 15) is 27.9 Å². The van der Waals surface area contributed by atoms with Crippen LogP contribution in [0.15, 0.2) is 51.7 Å². The highest BCUT2D eigenvalue weighted by Crippen LogP contribution is 2.36. The van der Waals surface area contributed by atoms with Crippen LogP contribution in [0, 0.1) is 0 Å². The van der Waals surface area contributed by atoms with E-state index in [2.05, 4.69) is 4.18 Å². The van der Waals surface area contributed by atoms with E-state index in [1.807, 2.05) is 0 Å². The molecule has 0 aliphatic heterocycles. The van der Waals surface area contributed by atoms with E-state index >= 15 is 0 Å². The molecule has 32 heavy (non-hydrogen) atoms. The quantitative estimate of drug-likeness (QED) is 0.159. The van der Waals surface area contributed by atoms with Crippen molar-refractivity contribution in [2.45, 2.75) is 25.7 Å². The predicted molar refractivity (Wildman–Crippen MR) is 112 cm³/mol. The summed E-state index contributed by atoms with van der Waals surface area (Å²) in [4.78, 5) is 34.9. The van der Waals surface area contributed by atoms with E-state index in [0.29, 0.717) is 19.3 Å². The molecule has 0 amide bonds. The van der Waals surface area contributed by atoms with Crippen molar-refractivity contribution in [2.24, 2.45) is 0 Å². The SMILES string of the molecule is O=CCCCCC(=O)Oc1ccc(-c2oc3ccccc3c(=O)c2OS(=O)(=O)O)cc1O. The van der Waals surface area contributed by atoms with Gasteiger partial charge in [-0.3, -0.25) is 14.1 Å². The topological polar surface area (TPSA) is 157 Å². The molecule has 1 heterocycles. The molecule has 3 rings (SSSR count). The number of carbonyl (C=O) groups excluding carboxylic acids is 2. The molecule has 0 unspecified atom stereocenters. The lowest BCUT2D eigenvalue weighted by atomic mass is 10.1. The zero-order valence-electron chi connectivity index (χ0n) is 16.5. The van der Waals surface area contributed by atoms with Gasteiger partial charge in [0, 0.05) is 18.4 Å². The monoisotopic (exact) mass is 462 g/mol. The second-order valence-electron chi connectivity index (χ2n) is 6.67. The van der Waals surface area contributed by atoms with E-state index in [4.69, 9.17) is 13.7 Å². The average molecular weight is 462 g/mol. The molecular formula is C21H18O10S. The minimum absolute atomic E-state index is 0.0132. The van der Waals surface area contributed by atoms with Gasteiger partial charge in [0.1, 0.15) is 11.9 Å². The van der Waals surface area contributed by atoms with E-state index in [1.54, 1.807) is 6.07 Å². The molecule has 0 aliphatic rings. The van der Waals surface area contributed by atoms with Crippen LogP contribution in [-0.2, 0) is 20.0 Å². The highest BCUT2D eigenvalue weighted by molar-refractivity contribution is 7.81. The summed E-state index contributed by atoms with van der Waals surface area (Å²) in [7, 11) is -5.06. The third kappa shape index (κ3) is 5.50. The Morgan fingerprint density at radius 3 is 2.56 bits per heavy atom. The number of esters is 1. The summed E-state index contributed by atoms with van der Waals surface area (Å²) in [6.07, 6.45) is 2.09. The molecule has 0 radical (unpaired) electrons. The van der Waals surface area contributed by atoms with E-state index in [-0.39, 0.29) is 34.5 Å². The van der Waals surface area contributed by atoms with Gasteiger partial charge in [-0.2, -0.15) is 8.42 Å². The molecule has 0 saturated heterocycles. The summed E-state index contributed by atoms with van der Waals surface area (Å²) < 4.78 is 46.8. The van der Waals surface area contributed by atoms with Crippen molar-refractivity contribution in [2.75, 3.05) is 0 Å². The lowest BCUT2D eigenvalue weighted by Gasteiger charge is -2.11. The third-order valence-corrected chi connectivity index (χ3v) is 4.72. The predicted octanol–water partition coefficient (Wildman–Crippen LogP) is 3.01. The molecule has 2 N–H and O–H groups in total. The molecule has 0 atom stereocenters. The Balaban J connectivity index is 1.97. The van der Waals surface area contributed by atoms with Crippen molar-refractivity contribution >= 4 is 33.6 Å². The Morgan fingerprint density at radius 1 is 1.12 bits per heavy atom. The van der Waals surface area contributed by atoms with Crippen molar-refractivity contribution in [1.82, 2.24) is 0 Å². The Hall–Kier alpha value is -3.70. The number of unbranched alkanes of at least 4 members (excludes halogenated alkanes) is 2. The van der Waals surface area contributed by atoms with Crippen LogP contribution in [0.5, 0.6) is 17.2 Å². The fourth-order valence-electron chi connectivity index (χ4n) is 2.91. The molecule has 10 nitrogen and oxygen atoms in total. The molecule has 0 fully saturated rings. The van der Waals surface area contributed by atoms with Crippen LogP contribution in [0.4, 0.5) is 0 Å². The van der Waals surface area contributed by atoms with E-state index < -0.39 is 33.3 Å². The van der Waals surface area contributed by atoms with Crippen LogP contribution >= 0.6 is 0 Å². The number of ether oxygens (including phenoxy) is 1. The van der Waals surface area contributed by atoms with Gasteiger partial charge in [0.25, 0.3) is 0 Å². The fourth-order valence-corrected chi connectivity index (χ4v) is 3.27. The molecule has 0 bridgehead atoms. The molecule has 0 aliphatic carbocycles. The lowest BCUT2D eigenvalue weighted by Crippen LogP contribution is -2.15. The van der Waals surface area contributed by atoms with Gasteiger partial charge < -0.3 is 23.2 Å². The van der Waals surface area contributed by atoms with Gasteiger partial charge >= 0.3 is 16.4 Å². The third-order valence-electron chi connectivity index (χ3n) is 4.34. The van der Waals surface area contributed by atoms with Gasteiger partial charge in [0.05, 0.1) is 5.39 Å². The van der Waals surface area contributed by atoms with E-state index in [0.717, 1.165) is 12.4 Å². The first kappa shape index (κ1) is 23.0. The first-order chi connectivity index (χ1) is 15.2. The summed E-state index contributed by atoms with van der Waals surface area (Å²) in [5.74, 6) is -2.45. The maximum atomic E-state index is 12.7. The van der Waals surface area contributed by atoms with Crippen LogP contribution in [0.25, 0.3) is 22.3 Å². The van der Waals surface area contributed by atoms with Crippen molar-refractivity contribution in [3.8, 4) is 28.6 Å². The van der Waals surface area contributed by atoms with Gasteiger partial charge in [-0.1, -0.05) is 12.1 Å². The molecule has 1 aromatic heterocycles. The average Bonchev–Trinajstić information content (AvgIpc) is 2.74. The number of para-hydroxylation sites is 1. The first-order valence-corrected chi connectivity index (χ1v) is 10.8. The Kier molecular flexibility index (Phi) is 6.91. The number of carbonyl (C=O) groups is 2. The molecule has 0 spiro atoms. The Bertz CT molecular complexity index is 1320. The smallest absolute Gasteiger partial charge is 0.446 e. The number of hydrogen-bond donors (Lipinski definition) is 2.